The molecule has 1 aliphatic rings. The molecule has 0 saturated heterocycles. The molecular weight excluding hydrogens is 347 g/mol. The van der Waals surface area contributed by atoms with Crippen LogP contribution in [0.5, 0.6) is 11.6 Å². The van der Waals surface area contributed by atoms with Crippen molar-refractivity contribution in [2.45, 2.75) is 44.4 Å². The lowest BCUT2D eigenvalue weighted by molar-refractivity contribution is -0.139. The van der Waals surface area contributed by atoms with E-state index in [1.807, 2.05) is 12.1 Å². The summed E-state index contributed by atoms with van der Waals surface area (Å²) in [7, 11) is 1.14. The van der Waals surface area contributed by atoms with Crippen molar-refractivity contribution in [1.82, 2.24) is 9.97 Å². The van der Waals surface area contributed by atoms with E-state index in [0.29, 0.717) is 11.9 Å². The summed E-state index contributed by atoms with van der Waals surface area (Å²) in [6.07, 6.45) is 2.17. The molecular formula is C18H20F3N3O2. The number of methoxy groups -OCH3 is 1. The lowest BCUT2D eigenvalue weighted by Gasteiger charge is -2.23. The fraction of sp³-hybridized carbons (Fsp3) is 0.444. The van der Waals surface area contributed by atoms with Crippen LogP contribution in [-0.2, 0) is 6.18 Å². The molecule has 0 radical (unpaired) electrons. The second-order valence-electron chi connectivity index (χ2n) is 6.14. The lowest BCUT2D eigenvalue weighted by atomic mass is 9.98. The standard InChI is InChI=1S/C18H20F3N3O2/c1-25-16-15(18(19,20)21)11-22-17(24-16)23-12-7-9-14(10-8-12)26-13-5-3-2-4-6-13/h7-11,13H,2-6H2,1H3,(H,22,23,24). The maximum Gasteiger partial charge on any atom is 0.423 e. The average Bonchev–Trinajstić information content (AvgIpc) is 2.63. The molecule has 1 aromatic heterocycles. The van der Waals surface area contributed by atoms with E-state index in [0.717, 1.165) is 25.7 Å². The summed E-state index contributed by atoms with van der Waals surface area (Å²) in [4.78, 5) is 7.48. The van der Waals surface area contributed by atoms with Crippen molar-refractivity contribution in [3.05, 3.63) is 36.0 Å². The van der Waals surface area contributed by atoms with Crippen LogP contribution >= 0.6 is 0 Å². The van der Waals surface area contributed by atoms with Crippen molar-refractivity contribution < 1.29 is 22.6 Å². The minimum absolute atomic E-state index is 0.0239. The summed E-state index contributed by atoms with van der Waals surface area (Å²) in [6.45, 7) is 0. The number of ether oxygens (including phenoxy) is 2. The van der Waals surface area contributed by atoms with Gasteiger partial charge >= 0.3 is 6.18 Å². The fourth-order valence-electron chi connectivity index (χ4n) is 2.90. The van der Waals surface area contributed by atoms with Crippen LogP contribution in [-0.4, -0.2) is 23.2 Å². The Balaban J connectivity index is 1.67. The SMILES string of the molecule is COc1nc(Nc2ccc(OC3CCCCC3)cc2)ncc1C(F)(F)F. The Morgan fingerprint density at radius 3 is 2.38 bits per heavy atom. The number of nitrogens with zero attached hydrogens (tertiary/aromatic N) is 2. The van der Waals surface area contributed by atoms with Gasteiger partial charge < -0.3 is 14.8 Å². The third kappa shape index (κ3) is 4.56. The Morgan fingerprint density at radius 1 is 1.08 bits per heavy atom. The molecule has 5 nitrogen and oxygen atoms in total. The molecule has 3 rings (SSSR count). The fourth-order valence-corrected chi connectivity index (χ4v) is 2.90. The number of nitrogens with one attached hydrogen (secondary N) is 1. The Kier molecular flexibility index (Phi) is 5.49. The van der Waals surface area contributed by atoms with Crippen LogP contribution in [0, 0.1) is 0 Å². The van der Waals surface area contributed by atoms with E-state index in [1.54, 1.807) is 12.1 Å². The van der Waals surface area contributed by atoms with Crippen LogP contribution < -0.4 is 14.8 Å². The first-order valence-corrected chi connectivity index (χ1v) is 8.47. The minimum atomic E-state index is -4.57. The topological polar surface area (TPSA) is 56.3 Å². The van der Waals surface area contributed by atoms with Crippen molar-refractivity contribution in [2.24, 2.45) is 0 Å². The van der Waals surface area contributed by atoms with Crippen LogP contribution in [0.25, 0.3) is 0 Å². The van der Waals surface area contributed by atoms with Gasteiger partial charge in [-0.05, 0) is 49.9 Å². The number of hydrogen-bond donors (Lipinski definition) is 1. The van der Waals surface area contributed by atoms with E-state index in [4.69, 9.17) is 9.47 Å². The Bertz CT molecular complexity index is 729. The van der Waals surface area contributed by atoms with Gasteiger partial charge in [-0.25, -0.2) is 4.98 Å². The zero-order valence-electron chi connectivity index (χ0n) is 14.3. The maximum absolute atomic E-state index is 12.8. The molecule has 0 bridgehead atoms. The van der Waals surface area contributed by atoms with E-state index >= 15 is 0 Å². The van der Waals surface area contributed by atoms with Gasteiger partial charge in [0.25, 0.3) is 0 Å². The molecule has 0 unspecified atom stereocenters. The highest BCUT2D eigenvalue weighted by molar-refractivity contribution is 5.55. The first-order chi connectivity index (χ1) is 12.5. The highest BCUT2D eigenvalue weighted by Gasteiger charge is 2.36. The molecule has 1 N–H and O–H groups in total. The number of anilines is 2. The van der Waals surface area contributed by atoms with E-state index in [1.165, 1.54) is 19.3 Å². The summed E-state index contributed by atoms with van der Waals surface area (Å²) in [6, 6.07) is 7.17. The third-order valence-electron chi connectivity index (χ3n) is 4.22. The van der Waals surface area contributed by atoms with Gasteiger partial charge in [0, 0.05) is 11.9 Å². The Hall–Kier alpha value is -2.51. The quantitative estimate of drug-likeness (QED) is 0.810. The molecule has 26 heavy (non-hydrogen) atoms. The van der Waals surface area contributed by atoms with Gasteiger partial charge in [-0.3, -0.25) is 0 Å². The van der Waals surface area contributed by atoms with Crippen LogP contribution in [0.3, 0.4) is 0 Å². The van der Waals surface area contributed by atoms with Gasteiger partial charge in [0.15, 0.2) is 0 Å². The van der Waals surface area contributed by atoms with Gasteiger partial charge in [0.05, 0.1) is 13.2 Å². The van der Waals surface area contributed by atoms with Crippen molar-refractivity contribution in [2.75, 3.05) is 12.4 Å². The smallest absolute Gasteiger partial charge is 0.423 e. The Labute approximate surface area is 149 Å². The first kappa shape index (κ1) is 18.3. The van der Waals surface area contributed by atoms with Gasteiger partial charge in [0.1, 0.15) is 11.3 Å². The van der Waals surface area contributed by atoms with Crippen molar-refractivity contribution in [3.63, 3.8) is 0 Å². The molecule has 1 saturated carbocycles. The van der Waals surface area contributed by atoms with Gasteiger partial charge in [0.2, 0.25) is 11.8 Å². The van der Waals surface area contributed by atoms with Crippen LogP contribution in [0.2, 0.25) is 0 Å². The molecule has 0 aliphatic heterocycles. The molecule has 0 amide bonds. The maximum atomic E-state index is 12.8. The molecule has 1 fully saturated rings. The number of rotatable bonds is 5. The van der Waals surface area contributed by atoms with E-state index in [9.17, 15) is 13.2 Å². The second kappa shape index (κ2) is 7.80. The number of benzene rings is 1. The average molecular weight is 367 g/mol. The van der Waals surface area contributed by atoms with E-state index in [-0.39, 0.29) is 12.1 Å². The van der Waals surface area contributed by atoms with E-state index in [2.05, 4.69) is 15.3 Å². The van der Waals surface area contributed by atoms with Crippen molar-refractivity contribution >= 4 is 11.6 Å². The second-order valence-corrected chi connectivity index (χ2v) is 6.14. The first-order valence-electron chi connectivity index (χ1n) is 8.47. The third-order valence-corrected chi connectivity index (χ3v) is 4.22. The molecule has 1 aliphatic carbocycles. The zero-order valence-corrected chi connectivity index (χ0v) is 14.3. The summed E-state index contributed by atoms with van der Waals surface area (Å²) in [5, 5.41) is 2.86. The van der Waals surface area contributed by atoms with E-state index < -0.39 is 17.6 Å². The van der Waals surface area contributed by atoms with Gasteiger partial charge in [-0.1, -0.05) is 6.42 Å². The molecule has 1 heterocycles. The predicted octanol–water partition coefficient (Wildman–Crippen LogP) is 4.96. The number of halogens is 3. The normalized spacial score (nSPS) is 15.5. The number of aromatic nitrogens is 2. The minimum Gasteiger partial charge on any atom is -0.490 e. The highest BCUT2D eigenvalue weighted by Crippen LogP contribution is 2.35. The zero-order chi connectivity index (χ0) is 18.6. The summed E-state index contributed by atoms with van der Waals surface area (Å²) >= 11 is 0. The van der Waals surface area contributed by atoms with Crippen LogP contribution in [0.1, 0.15) is 37.7 Å². The molecule has 140 valence electrons. The lowest BCUT2D eigenvalue weighted by Crippen LogP contribution is -2.19. The Morgan fingerprint density at radius 2 is 1.77 bits per heavy atom. The van der Waals surface area contributed by atoms with Gasteiger partial charge in [-0.2, -0.15) is 18.2 Å². The van der Waals surface area contributed by atoms with Gasteiger partial charge in [-0.15, -0.1) is 0 Å². The van der Waals surface area contributed by atoms with Crippen LogP contribution in [0.15, 0.2) is 30.5 Å². The molecule has 1 aromatic carbocycles. The largest absolute Gasteiger partial charge is 0.490 e. The van der Waals surface area contributed by atoms with Crippen molar-refractivity contribution in [3.8, 4) is 11.6 Å². The van der Waals surface area contributed by atoms with Crippen molar-refractivity contribution in [1.29, 1.82) is 0 Å². The predicted molar refractivity (Wildman–Crippen MR) is 90.8 cm³/mol. The molecule has 2 aromatic rings. The monoisotopic (exact) mass is 367 g/mol. The molecule has 8 heteroatoms. The summed E-state index contributed by atoms with van der Waals surface area (Å²) in [5.41, 5.74) is -0.371. The van der Waals surface area contributed by atoms with Crippen LogP contribution in [0.4, 0.5) is 24.8 Å². The molecule has 0 atom stereocenters. The summed E-state index contributed by atoms with van der Waals surface area (Å²) < 4.78 is 49.2. The summed E-state index contributed by atoms with van der Waals surface area (Å²) in [5.74, 6) is 0.274. The molecule has 0 spiro atoms. The number of hydrogen-bond acceptors (Lipinski definition) is 5. The highest BCUT2D eigenvalue weighted by atomic mass is 19.4. The number of alkyl halides is 3.